The van der Waals surface area contributed by atoms with Gasteiger partial charge in [0.05, 0.1) is 7.11 Å². The fraction of sp³-hybridized carbons (Fsp3) is 0.500. The maximum atomic E-state index is 12.0. The van der Waals surface area contributed by atoms with Gasteiger partial charge in [0.25, 0.3) is 0 Å². The molecule has 1 amide bonds. The monoisotopic (exact) mass is 361 g/mol. The van der Waals surface area contributed by atoms with E-state index in [1.54, 1.807) is 18.2 Å². The topological polar surface area (TPSA) is 75.6 Å². The van der Waals surface area contributed by atoms with E-state index in [0.717, 1.165) is 0 Å². The summed E-state index contributed by atoms with van der Waals surface area (Å²) in [6.07, 6.45) is -0.729. The van der Waals surface area contributed by atoms with Crippen LogP contribution in [0, 0.1) is 5.92 Å². The molecule has 128 valence electrons. The van der Waals surface area contributed by atoms with Crippen LogP contribution in [0.4, 0.5) is 0 Å². The summed E-state index contributed by atoms with van der Waals surface area (Å²) in [5.74, 6) is -1.07. The van der Waals surface area contributed by atoms with Crippen LogP contribution in [0.25, 0.3) is 0 Å². The zero-order valence-electron chi connectivity index (χ0n) is 13.3. The highest BCUT2D eigenvalue weighted by molar-refractivity contribution is 6.35. The number of aliphatic hydroxyl groups excluding tert-OH is 1. The lowest BCUT2D eigenvalue weighted by Gasteiger charge is -2.20. The van der Waals surface area contributed by atoms with Gasteiger partial charge in [-0.25, -0.2) is 4.79 Å². The molecule has 1 aromatic carbocycles. The van der Waals surface area contributed by atoms with Crippen molar-refractivity contribution in [2.75, 3.05) is 7.11 Å². The predicted octanol–water partition coefficient (Wildman–Crippen LogP) is 2.60. The van der Waals surface area contributed by atoms with Crippen molar-refractivity contribution >= 4 is 35.1 Å². The number of carbonyl (C=O) groups excluding carboxylic acids is 2. The average Bonchev–Trinajstić information content (AvgIpc) is 2.47. The molecule has 2 atom stereocenters. The molecule has 0 bridgehead atoms. The first kappa shape index (κ1) is 19.7. The van der Waals surface area contributed by atoms with E-state index in [9.17, 15) is 14.7 Å². The number of benzene rings is 1. The highest BCUT2D eigenvalue weighted by Crippen LogP contribution is 2.22. The van der Waals surface area contributed by atoms with Crippen molar-refractivity contribution in [3.63, 3.8) is 0 Å². The normalized spacial score (nSPS) is 13.5. The van der Waals surface area contributed by atoms with Crippen molar-refractivity contribution in [1.82, 2.24) is 5.32 Å². The number of aliphatic hydroxyl groups is 1. The summed E-state index contributed by atoms with van der Waals surface area (Å²) in [4.78, 5) is 23.9. The van der Waals surface area contributed by atoms with E-state index in [2.05, 4.69) is 5.32 Å². The minimum absolute atomic E-state index is 0.142. The molecule has 0 unspecified atom stereocenters. The molecule has 0 aliphatic heterocycles. The van der Waals surface area contributed by atoms with Crippen LogP contribution in [-0.4, -0.2) is 36.2 Å². The second-order valence-corrected chi connectivity index (χ2v) is 6.51. The third-order valence-corrected chi connectivity index (χ3v) is 3.83. The Hall–Kier alpha value is -1.30. The average molecular weight is 362 g/mol. The van der Waals surface area contributed by atoms with E-state index < -0.39 is 24.0 Å². The van der Waals surface area contributed by atoms with Gasteiger partial charge >= 0.3 is 5.97 Å². The van der Waals surface area contributed by atoms with Gasteiger partial charge in [0.15, 0.2) is 0 Å². The molecule has 0 saturated carbocycles. The third kappa shape index (κ3) is 6.37. The van der Waals surface area contributed by atoms with Gasteiger partial charge in [-0.05, 0) is 30.0 Å². The van der Waals surface area contributed by atoms with Crippen molar-refractivity contribution in [2.45, 2.75) is 38.8 Å². The predicted molar refractivity (Wildman–Crippen MR) is 89.6 cm³/mol. The molecule has 1 rings (SSSR count). The van der Waals surface area contributed by atoms with Crippen molar-refractivity contribution in [3.05, 3.63) is 33.8 Å². The molecule has 7 heteroatoms. The van der Waals surface area contributed by atoms with Gasteiger partial charge in [0, 0.05) is 16.5 Å². The van der Waals surface area contributed by atoms with Gasteiger partial charge in [-0.15, -0.1) is 0 Å². The van der Waals surface area contributed by atoms with E-state index in [-0.39, 0.29) is 12.3 Å². The number of esters is 1. The summed E-state index contributed by atoms with van der Waals surface area (Å²) in [7, 11) is 1.23. The molecule has 0 fully saturated rings. The summed E-state index contributed by atoms with van der Waals surface area (Å²) < 4.78 is 4.71. The fourth-order valence-electron chi connectivity index (χ4n) is 2.06. The molecule has 0 spiro atoms. The number of hydrogen-bond donors (Lipinski definition) is 2. The van der Waals surface area contributed by atoms with Gasteiger partial charge in [-0.1, -0.05) is 43.1 Å². The van der Waals surface area contributed by atoms with E-state index >= 15 is 0 Å². The smallest absolute Gasteiger partial charge is 0.328 e. The van der Waals surface area contributed by atoms with E-state index in [1.165, 1.54) is 7.11 Å². The SMILES string of the molecule is COC(=O)[C@H](Cc1ccc(Cl)cc1Cl)NC(=O)[C@H](O)CC(C)C. The standard InChI is InChI=1S/C16H21Cl2NO4/c1-9(2)6-14(20)15(21)19-13(16(22)23-3)7-10-4-5-11(17)8-12(10)18/h4-5,8-9,13-14,20H,6-7H2,1-3H3,(H,19,21)/t13-,14+/m0/s1. The van der Waals surface area contributed by atoms with Crippen LogP contribution < -0.4 is 5.32 Å². The Morgan fingerprint density at radius 1 is 1.30 bits per heavy atom. The Morgan fingerprint density at radius 3 is 2.48 bits per heavy atom. The minimum Gasteiger partial charge on any atom is -0.467 e. The maximum absolute atomic E-state index is 12.0. The Balaban J connectivity index is 2.84. The summed E-state index contributed by atoms with van der Waals surface area (Å²) in [5.41, 5.74) is 0.644. The molecule has 0 aliphatic carbocycles. The Labute approximate surface area is 145 Å². The lowest BCUT2D eigenvalue weighted by Crippen LogP contribution is -2.47. The first-order valence-corrected chi connectivity index (χ1v) is 8.00. The van der Waals surface area contributed by atoms with Crippen molar-refractivity contribution in [3.8, 4) is 0 Å². The number of nitrogens with one attached hydrogen (secondary N) is 1. The molecular weight excluding hydrogens is 341 g/mol. The van der Waals surface area contributed by atoms with Crippen LogP contribution >= 0.6 is 23.2 Å². The number of rotatable bonds is 7. The van der Waals surface area contributed by atoms with Gasteiger partial charge in [0.2, 0.25) is 5.91 Å². The number of halogens is 2. The molecular formula is C16H21Cl2NO4. The van der Waals surface area contributed by atoms with Crippen LogP contribution in [0.5, 0.6) is 0 Å². The lowest BCUT2D eigenvalue weighted by atomic mass is 10.0. The van der Waals surface area contributed by atoms with Gasteiger partial charge in [-0.2, -0.15) is 0 Å². The number of amides is 1. The Bertz CT molecular complexity index is 563. The highest BCUT2D eigenvalue weighted by atomic mass is 35.5. The Morgan fingerprint density at radius 2 is 1.96 bits per heavy atom. The van der Waals surface area contributed by atoms with Gasteiger partial charge in [-0.3, -0.25) is 4.79 Å². The summed E-state index contributed by atoms with van der Waals surface area (Å²) >= 11 is 11.9. The lowest BCUT2D eigenvalue weighted by molar-refractivity contribution is -0.146. The minimum atomic E-state index is -1.18. The van der Waals surface area contributed by atoms with Crippen LogP contribution in [0.2, 0.25) is 10.0 Å². The summed E-state index contributed by atoms with van der Waals surface area (Å²) in [6.45, 7) is 3.78. The molecule has 0 aromatic heterocycles. The van der Waals surface area contributed by atoms with E-state index in [0.29, 0.717) is 22.0 Å². The number of methoxy groups -OCH3 is 1. The first-order valence-electron chi connectivity index (χ1n) is 7.24. The molecule has 5 nitrogen and oxygen atoms in total. The molecule has 1 aromatic rings. The largest absolute Gasteiger partial charge is 0.467 e. The maximum Gasteiger partial charge on any atom is 0.328 e. The van der Waals surface area contributed by atoms with E-state index in [1.807, 2.05) is 13.8 Å². The quantitative estimate of drug-likeness (QED) is 0.731. The zero-order chi connectivity index (χ0) is 17.6. The molecule has 2 N–H and O–H groups in total. The molecule has 0 saturated heterocycles. The van der Waals surface area contributed by atoms with Crippen LogP contribution in [0.1, 0.15) is 25.8 Å². The van der Waals surface area contributed by atoms with Gasteiger partial charge < -0.3 is 15.2 Å². The highest BCUT2D eigenvalue weighted by Gasteiger charge is 2.26. The molecule has 0 aliphatic rings. The van der Waals surface area contributed by atoms with E-state index in [4.69, 9.17) is 27.9 Å². The summed E-state index contributed by atoms with van der Waals surface area (Å²) in [6, 6.07) is 3.94. The first-order chi connectivity index (χ1) is 10.7. The number of hydrogen-bond acceptors (Lipinski definition) is 4. The van der Waals surface area contributed by atoms with Crippen molar-refractivity contribution in [1.29, 1.82) is 0 Å². The van der Waals surface area contributed by atoms with Crippen molar-refractivity contribution in [2.24, 2.45) is 5.92 Å². The fourth-order valence-corrected chi connectivity index (χ4v) is 2.55. The van der Waals surface area contributed by atoms with Crippen LogP contribution in [0.3, 0.4) is 0 Å². The summed E-state index contributed by atoms with van der Waals surface area (Å²) in [5, 5.41) is 13.2. The van der Waals surface area contributed by atoms with Crippen LogP contribution in [0.15, 0.2) is 18.2 Å². The second kappa shape index (κ2) is 9.11. The second-order valence-electron chi connectivity index (χ2n) is 5.67. The molecule has 0 radical (unpaired) electrons. The third-order valence-electron chi connectivity index (χ3n) is 3.24. The Kier molecular flexibility index (Phi) is 7.82. The zero-order valence-corrected chi connectivity index (χ0v) is 14.8. The van der Waals surface area contributed by atoms with Gasteiger partial charge in [0.1, 0.15) is 12.1 Å². The van der Waals surface area contributed by atoms with Crippen molar-refractivity contribution < 1.29 is 19.4 Å². The molecule has 0 heterocycles. The molecule has 23 heavy (non-hydrogen) atoms. The van der Waals surface area contributed by atoms with Crippen LogP contribution in [-0.2, 0) is 20.7 Å². The number of carbonyl (C=O) groups is 2. The number of ether oxygens (including phenoxy) is 1.